The number of aromatic nitrogens is 1. The smallest absolute Gasteiger partial charge is 0.270 e. The molecule has 0 atom stereocenters. The summed E-state index contributed by atoms with van der Waals surface area (Å²) in [4.78, 5) is 28.0. The average molecular weight is 446 g/mol. The minimum absolute atomic E-state index is 0.0159. The molecule has 150 valence electrons. The quantitative estimate of drug-likeness (QED) is 0.676. The number of ether oxygens (including phenoxy) is 1. The van der Waals surface area contributed by atoms with Crippen molar-refractivity contribution in [2.24, 2.45) is 0 Å². The second kappa shape index (κ2) is 9.22. The Bertz CT molecular complexity index is 1010. The molecule has 2 amide bonds. The molecule has 0 radical (unpaired) electrons. The van der Waals surface area contributed by atoms with Gasteiger partial charge in [-0.15, -0.1) is 0 Å². The van der Waals surface area contributed by atoms with E-state index in [-0.39, 0.29) is 27.1 Å². The van der Waals surface area contributed by atoms with Crippen molar-refractivity contribution in [3.05, 3.63) is 51.6 Å². The fourth-order valence-corrected chi connectivity index (χ4v) is 4.03. The van der Waals surface area contributed by atoms with Gasteiger partial charge in [-0.05, 0) is 30.7 Å². The molecule has 0 unspecified atom stereocenters. The zero-order chi connectivity index (χ0) is 20.9. The van der Waals surface area contributed by atoms with E-state index >= 15 is 0 Å². The molecule has 0 fully saturated rings. The minimum atomic E-state index is -4.41. The van der Waals surface area contributed by atoms with Gasteiger partial charge < -0.3 is 10.1 Å². The summed E-state index contributed by atoms with van der Waals surface area (Å²) in [7, 11) is -3.11. The SMILES string of the molecule is CCCNC(=O)c1cc(S(=O)(=O)NC(=O)c2cccnc2OC)c(Cl)cc1Cl. The number of rotatable bonds is 7. The number of nitrogens with zero attached hydrogens (tertiary/aromatic N) is 1. The maximum atomic E-state index is 12.7. The van der Waals surface area contributed by atoms with Gasteiger partial charge in [0.25, 0.3) is 21.8 Å². The van der Waals surface area contributed by atoms with E-state index in [4.69, 9.17) is 27.9 Å². The second-order valence-electron chi connectivity index (χ2n) is 5.51. The first kappa shape index (κ1) is 21.9. The van der Waals surface area contributed by atoms with Crippen molar-refractivity contribution in [1.82, 2.24) is 15.0 Å². The van der Waals surface area contributed by atoms with Crippen LogP contribution in [-0.4, -0.2) is 38.9 Å². The summed E-state index contributed by atoms with van der Waals surface area (Å²) >= 11 is 12.0. The highest BCUT2D eigenvalue weighted by molar-refractivity contribution is 7.90. The summed E-state index contributed by atoms with van der Waals surface area (Å²) in [5.74, 6) is -1.56. The first-order chi connectivity index (χ1) is 13.2. The van der Waals surface area contributed by atoms with Crippen LogP contribution in [0.2, 0.25) is 10.0 Å². The Balaban J connectivity index is 2.39. The lowest BCUT2D eigenvalue weighted by atomic mass is 10.2. The highest BCUT2D eigenvalue weighted by Gasteiger charge is 2.26. The predicted molar refractivity (Wildman–Crippen MR) is 105 cm³/mol. The summed E-state index contributed by atoms with van der Waals surface area (Å²) in [6, 6.07) is 4.96. The number of benzene rings is 1. The first-order valence-corrected chi connectivity index (χ1v) is 10.3. The number of pyridine rings is 1. The monoisotopic (exact) mass is 445 g/mol. The van der Waals surface area contributed by atoms with Gasteiger partial charge in [0.1, 0.15) is 10.5 Å². The summed E-state index contributed by atoms with van der Waals surface area (Å²) in [5, 5.41) is 2.34. The van der Waals surface area contributed by atoms with Gasteiger partial charge in [-0.3, -0.25) is 9.59 Å². The van der Waals surface area contributed by atoms with E-state index in [9.17, 15) is 18.0 Å². The molecule has 11 heteroatoms. The third-order valence-corrected chi connectivity index (χ3v) is 5.64. The topological polar surface area (TPSA) is 114 Å². The molecule has 1 aromatic heterocycles. The van der Waals surface area contributed by atoms with E-state index in [1.165, 1.54) is 25.4 Å². The van der Waals surface area contributed by atoms with Crippen molar-refractivity contribution >= 4 is 45.0 Å². The van der Waals surface area contributed by atoms with Crippen molar-refractivity contribution in [3.8, 4) is 5.88 Å². The van der Waals surface area contributed by atoms with E-state index in [1.807, 2.05) is 11.6 Å². The van der Waals surface area contributed by atoms with Crippen molar-refractivity contribution in [2.45, 2.75) is 18.2 Å². The molecule has 1 heterocycles. The van der Waals surface area contributed by atoms with Crippen LogP contribution < -0.4 is 14.8 Å². The van der Waals surface area contributed by atoms with Gasteiger partial charge in [0.15, 0.2) is 0 Å². The van der Waals surface area contributed by atoms with Crippen molar-refractivity contribution in [1.29, 1.82) is 0 Å². The molecule has 2 aromatic rings. The molecule has 0 spiro atoms. The van der Waals surface area contributed by atoms with Crippen molar-refractivity contribution in [2.75, 3.05) is 13.7 Å². The highest BCUT2D eigenvalue weighted by atomic mass is 35.5. The Labute approximate surface area is 172 Å². The standard InChI is InChI=1S/C17H17Cl2N3O5S/c1-3-6-20-15(23)11-8-14(13(19)9-12(11)18)28(25,26)22-16(24)10-5-4-7-21-17(10)27-2/h4-5,7-9H,3,6H2,1-2H3,(H,20,23)(H,22,24). The highest BCUT2D eigenvalue weighted by Crippen LogP contribution is 2.29. The van der Waals surface area contributed by atoms with Crippen molar-refractivity contribution < 1.29 is 22.7 Å². The van der Waals surface area contributed by atoms with Crippen LogP contribution in [0.5, 0.6) is 5.88 Å². The summed E-state index contributed by atoms with van der Waals surface area (Å²) in [5.41, 5.74) is -0.161. The van der Waals surface area contributed by atoms with E-state index in [0.29, 0.717) is 13.0 Å². The number of sulfonamides is 1. The first-order valence-electron chi connectivity index (χ1n) is 8.04. The summed E-state index contributed by atoms with van der Waals surface area (Å²) < 4.78 is 32.2. The molecule has 8 nitrogen and oxygen atoms in total. The number of hydrogen-bond acceptors (Lipinski definition) is 6. The van der Waals surface area contributed by atoms with E-state index in [2.05, 4.69) is 10.3 Å². The maximum Gasteiger partial charge on any atom is 0.270 e. The molecule has 0 saturated heterocycles. The van der Waals surface area contributed by atoms with Crippen LogP contribution in [0.15, 0.2) is 35.4 Å². The number of hydrogen-bond donors (Lipinski definition) is 2. The molecule has 2 rings (SSSR count). The fourth-order valence-electron chi connectivity index (χ4n) is 2.20. The summed E-state index contributed by atoms with van der Waals surface area (Å²) in [6.07, 6.45) is 2.08. The van der Waals surface area contributed by atoms with Gasteiger partial charge in [-0.1, -0.05) is 30.1 Å². The molecular formula is C17H17Cl2N3O5S. The summed E-state index contributed by atoms with van der Waals surface area (Å²) in [6.45, 7) is 2.25. The Morgan fingerprint density at radius 3 is 2.50 bits per heavy atom. The van der Waals surface area contributed by atoms with Gasteiger partial charge in [-0.2, -0.15) is 0 Å². The molecular weight excluding hydrogens is 429 g/mol. The van der Waals surface area contributed by atoms with Gasteiger partial charge in [0.2, 0.25) is 5.88 Å². The lowest BCUT2D eigenvalue weighted by Crippen LogP contribution is -2.31. The molecule has 0 aliphatic rings. The van der Waals surface area contributed by atoms with Gasteiger partial charge >= 0.3 is 0 Å². The third kappa shape index (κ3) is 4.92. The van der Waals surface area contributed by atoms with E-state index in [1.54, 1.807) is 0 Å². The lowest BCUT2D eigenvalue weighted by Gasteiger charge is -2.12. The number of halogens is 2. The van der Waals surface area contributed by atoms with Crippen LogP contribution in [-0.2, 0) is 10.0 Å². The number of methoxy groups -OCH3 is 1. The molecule has 0 aliphatic heterocycles. The number of carbonyl (C=O) groups excluding carboxylic acids is 2. The Morgan fingerprint density at radius 2 is 1.86 bits per heavy atom. The Kier molecular flexibility index (Phi) is 7.22. The Hall–Kier alpha value is -2.36. The molecule has 0 saturated carbocycles. The zero-order valence-corrected chi connectivity index (χ0v) is 17.3. The number of nitrogens with one attached hydrogen (secondary N) is 2. The van der Waals surface area contributed by atoms with Gasteiger partial charge in [0, 0.05) is 12.7 Å². The van der Waals surface area contributed by atoms with Crippen molar-refractivity contribution in [3.63, 3.8) is 0 Å². The van der Waals surface area contributed by atoms with Gasteiger partial charge in [0.05, 0.1) is 22.7 Å². The van der Waals surface area contributed by atoms with Gasteiger partial charge in [-0.25, -0.2) is 18.1 Å². The molecule has 2 N–H and O–H groups in total. The normalized spacial score (nSPS) is 11.0. The minimum Gasteiger partial charge on any atom is -0.480 e. The molecule has 28 heavy (non-hydrogen) atoms. The largest absolute Gasteiger partial charge is 0.480 e. The van der Waals surface area contributed by atoms with E-state index in [0.717, 1.165) is 12.1 Å². The van der Waals surface area contributed by atoms with E-state index < -0.39 is 26.7 Å². The van der Waals surface area contributed by atoms with Crippen LogP contribution >= 0.6 is 23.2 Å². The second-order valence-corrected chi connectivity index (χ2v) is 7.98. The number of carbonyl (C=O) groups is 2. The van der Waals surface area contributed by atoms with Crippen LogP contribution in [0.4, 0.5) is 0 Å². The predicted octanol–water partition coefficient (Wildman–Crippen LogP) is 2.66. The van der Waals surface area contributed by atoms with Crippen LogP contribution in [0.1, 0.15) is 34.1 Å². The lowest BCUT2D eigenvalue weighted by molar-refractivity contribution is 0.0951. The Morgan fingerprint density at radius 1 is 1.14 bits per heavy atom. The molecule has 1 aromatic carbocycles. The maximum absolute atomic E-state index is 12.7. The number of amides is 2. The average Bonchev–Trinajstić information content (AvgIpc) is 2.65. The molecule has 0 aliphatic carbocycles. The molecule has 0 bridgehead atoms. The van der Waals surface area contributed by atoms with Crippen LogP contribution in [0, 0.1) is 0 Å². The third-order valence-electron chi connectivity index (χ3n) is 3.53. The van der Waals surface area contributed by atoms with Crippen LogP contribution in [0.3, 0.4) is 0 Å². The fraction of sp³-hybridized carbons (Fsp3) is 0.235. The zero-order valence-electron chi connectivity index (χ0n) is 15.0. The van der Waals surface area contributed by atoms with Crippen LogP contribution in [0.25, 0.3) is 0 Å².